The average Bonchev–Trinajstić information content (AvgIpc) is 2.49. The van der Waals surface area contributed by atoms with Crippen LogP contribution in [0, 0.1) is 0 Å². The van der Waals surface area contributed by atoms with Crippen LogP contribution in [0.15, 0.2) is 48.5 Å². The lowest BCUT2D eigenvalue weighted by Gasteiger charge is -2.25. The van der Waals surface area contributed by atoms with Gasteiger partial charge >= 0.3 is 0 Å². The Morgan fingerprint density at radius 1 is 1.15 bits per heavy atom. The van der Waals surface area contributed by atoms with Crippen molar-refractivity contribution in [2.24, 2.45) is 0 Å². The molecule has 0 saturated carbocycles. The highest BCUT2D eigenvalue weighted by atomic mass is 16.5. The Balaban J connectivity index is 1.84. The summed E-state index contributed by atoms with van der Waals surface area (Å²) >= 11 is 0. The van der Waals surface area contributed by atoms with Gasteiger partial charge in [0.2, 0.25) is 0 Å². The number of ether oxygens (including phenoxy) is 1. The van der Waals surface area contributed by atoms with E-state index in [4.69, 9.17) is 10.5 Å². The van der Waals surface area contributed by atoms with Crippen molar-refractivity contribution in [2.75, 3.05) is 17.7 Å². The average molecular weight is 268 g/mol. The Bertz CT molecular complexity index is 640. The fourth-order valence-corrected chi connectivity index (χ4v) is 2.42. The molecule has 1 atom stereocenters. The first-order valence-electron chi connectivity index (χ1n) is 6.60. The van der Waals surface area contributed by atoms with Crippen LogP contribution in [0.5, 0.6) is 0 Å². The number of hydrogen-bond donors (Lipinski definition) is 2. The van der Waals surface area contributed by atoms with E-state index in [1.165, 1.54) is 5.56 Å². The summed E-state index contributed by atoms with van der Waals surface area (Å²) in [5.41, 5.74) is 9.10. The molecule has 1 amide bonds. The summed E-state index contributed by atoms with van der Waals surface area (Å²) in [5.74, 6) is -0.185. The van der Waals surface area contributed by atoms with Gasteiger partial charge in [0.05, 0.1) is 18.0 Å². The van der Waals surface area contributed by atoms with Crippen LogP contribution in [-0.4, -0.2) is 12.5 Å². The van der Waals surface area contributed by atoms with Gasteiger partial charge in [-0.1, -0.05) is 36.4 Å². The van der Waals surface area contributed by atoms with Crippen LogP contribution >= 0.6 is 0 Å². The fraction of sp³-hybridized carbons (Fsp3) is 0.188. The van der Waals surface area contributed by atoms with Crippen LogP contribution in [0.4, 0.5) is 11.4 Å². The lowest BCUT2D eigenvalue weighted by Crippen LogP contribution is -2.28. The molecular weight excluding hydrogens is 252 g/mol. The minimum atomic E-state index is -0.570. The summed E-state index contributed by atoms with van der Waals surface area (Å²) in [6.07, 6.45) is 0.271. The molecule has 4 heteroatoms. The maximum Gasteiger partial charge on any atom is 0.258 e. The number of hydrogen-bond acceptors (Lipinski definition) is 3. The van der Waals surface area contributed by atoms with Gasteiger partial charge in [-0.15, -0.1) is 0 Å². The Kier molecular flexibility index (Phi) is 3.39. The van der Waals surface area contributed by atoms with Crippen molar-refractivity contribution in [1.82, 2.24) is 0 Å². The van der Waals surface area contributed by atoms with Gasteiger partial charge in [-0.25, -0.2) is 0 Å². The molecule has 0 saturated heterocycles. The van der Waals surface area contributed by atoms with E-state index >= 15 is 0 Å². The van der Waals surface area contributed by atoms with Gasteiger partial charge in [0.15, 0.2) is 6.10 Å². The highest BCUT2D eigenvalue weighted by Gasteiger charge is 2.27. The third kappa shape index (κ3) is 2.38. The zero-order chi connectivity index (χ0) is 13.9. The van der Waals surface area contributed by atoms with E-state index in [1.807, 2.05) is 36.4 Å². The van der Waals surface area contributed by atoms with Gasteiger partial charge < -0.3 is 15.8 Å². The molecular formula is C16H16N2O2. The number of carbonyl (C=O) groups is 1. The normalized spacial score (nSPS) is 17.3. The summed E-state index contributed by atoms with van der Waals surface area (Å²) < 4.78 is 5.63. The monoisotopic (exact) mass is 268 g/mol. The molecule has 102 valence electrons. The topological polar surface area (TPSA) is 64.3 Å². The summed E-state index contributed by atoms with van der Waals surface area (Å²) in [6.45, 7) is 0.555. The van der Waals surface area contributed by atoms with Gasteiger partial charge in [0, 0.05) is 0 Å². The highest BCUT2D eigenvalue weighted by molar-refractivity contribution is 5.97. The van der Waals surface area contributed by atoms with Crippen molar-refractivity contribution in [3.8, 4) is 0 Å². The maximum absolute atomic E-state index is 12.4. The molecule has 0 fully saturated rings. The zero-order valence-electron chi connectivity index (χ0n) is 11.0. The van der Waals surface area contributed by atoms with Gasteiger partial charge in [-0.3, -0.25) is 4.79 Å². The molecule has 3 rings (SSSR count). The summed E-state index contributed by atoms with van der Waals surface area (Å²) in [4.78, 5) is 12.4. The SMILES string of the molecule is Nc1ccccc1NC(=O)C1OCCc2ccccc21. The third-order valence-corrected chi connectivity index (χ3v) is 3.45. The molecule has 1 aliphatic heterocycles. The Labute approximate surface area is 117 Å². The van der Waals surface area contributed by atoms with E-state index in [0.29, 0.717) is 18.0 Å². The lowest BCUT2D eigenvalue weighted by molar-refractivity contribution is -0.128. The minimum Gasteiger partial charge on any atom is -0.397 e. The fourth-order valence-electron chi connectivity index (χ4n) is 2.42. The van der Waals surface area contributed by atoms with Gasteiger partial charge in [0.1, 0.15) is 0 Å². The largest absolute Gasteiger partial charge is 0.397 e. The second kappa shape index (κ2) is 5.35. The molecule has 0 spiro atoms. The first-order valence-corrected chi connectivity index (χ1v) is 6.60. The first-order chi connectivity index (χ1) is 9.75. The standard InChI is InChI=1S/C16H16N2O2/c17-13-7-3-4-8-14(13)18-16(19)15-12-6-2-1-5-11(12)9-10-20-15/h1-8,15H,9-10,17H2,(H,18,19). The highest BCUT2D eigenvalue weighted by Crippen LogP contribution is 2.28. The molecule has 0 radical (unpaired) electrons. The molecule has 1 heterocycles. The molecule has 20 heavy (non-hydrogen) atoms. The molecule has 2 aromatic rings. The number of nitrogens with one attached hydrogen (secondary N) is 1. The van der Waals surface area contributed by atoms with E-state index in [-0.39, 0.29) is 5.91 Å². The van der Waals surface area contributed by atoms with Crippen molar-refractivity contribution in [2.45, 2.75) is 12.5 Å². The quantitative estimate of drug-likeness (QED) is 0.823. The number of benzene rings is 2. The molecule has 1 aliphatic rings. The number of amides is 1. The number of carbonyl (C=O) groups excluding carboxylic acids is 1. The maximum atomic E-state index is 12.4. The van der Waals surface area contributed by atoms with Crippen LogP contribution in [0.25, 0.3) is 0 Å². The lowest BCUT2D eigenvalue weighted by atomic mass is 9.97. The molecule has 1 unspecified atom stereocenters. The second-order valence-corrected chi connectivity index (χ2v) is 4.78. The van der Waals surface area contributed by atoms with E-state index in [1.54, 1.807) is 12.1 Å². The van der Waals surface area contributed by atoms with Crippen LogP contribution in [0.2, 0.25) is 0 Å². The van der Waals surface area contributed by atoms with Gasteiger partial charge in [-0.05, 0) is 29.7 Å². The number of anilines is 2. The van der Waals surface area contributed by atoms with Crippen molar-refractivity contribution in [3.63, 3.8) is 0 Å². The summed E-state index contributed by atoms with van der Waals surface area (Å²) in [5, 5.41) is 2.83. The van der Waals surface area contributed by atoms with Gasteiger partial charge in [0.25, 0.3) is 5.91 Å². The molecule has 2 aromatic carbocycles. The second-order valence-electron chi connectivity index (χ2n) is 4.78. The Hall–Kier alpha value is -2.33. The smallest absolute Gasteiger partial charge is 0.258 e. The Morgan fingerprint density at radius 3 is 2.75 bits per heavy atom. The molecule has 0 aromatic heterocycles. The van der Waals surface area contributed by atoms with E-state index in [0.717, 1.165) is 12.0 Å². The number of nitrogen functional groups attached to an aromatic ring is 1. The zero-order valence-corrected chi connectivity index (χ0v) is 11.0. The molecule has 0 bridgehead atoms. The molecule has 4 nitrogen and oxygen atoms in total. The van der Waals surface area contributed by atoms with Crippen LogP contribution in [0.1, 0.15) is 17.2 Å². The van der Waals surface area contributed by atoms with Crippen LogP contribution < -0.4 is 11.1 Å². The van der Waals surface area contributed by atoms with Crippen LogP contribution in [0.3, 0.4) is 0 Å². The predicted molar refractivity (Wildman–Crippen MR) is 78.3 cm³/mol. The van der Waals surface area contributed by atoms with Crippen molar-refractivity contribution in [1.29, 1.82) is 0 Å². The van der Waals surface area contributed by atoms with E-state index < -0.39 is 6.10 Å². The van der Waals surface area contributed by atoms with Crippen molar-refractivity contribution < 1.29 is 9.53 Å². The number of nitrogens with two attached hydrogens (primary N) is 1. The molecule has 3 N–H and O–H groups in total. The van der Waals surface area contributed by atoms with Gasteiger partial charge in [-0.2, -0.15) is 0 Å². The van der Waals surface area contributed by atoms with Crippen molar-refractivity contribution in [3.05, 3.63) is 59.7 Å². The number of fused-ring (bicyclic) bond motifs is 1. The minimum absolute atomic E-state index is 0.185. The summed E-state index contributed by atoms with van der Waals surface area (Å²) in [7, 11) is 0. The van der Waals surface area contributed by atoms with Crippen LogP contribution in [-0.2, 0) is 16.0 Å². The number of rotatable bonds is 2. The van der Waals surface area contributed by atoms with E-state index in [9.17, 15) is 4.79 Å². The predicted octanol–water partition coefficient (Wildman–Crippen LogP) is 2.52. The first kappa shape index (κ1) is 12.7. The summed E-state index contributed by atoms with van der Waals surface area (Å²) in [6, 6.07) is 15.1. The molecule has 0 aliphatic carbocycles. The van der Waals surface area contributed by atoms with E-state index in [2.05, 4.69) is 5.32 Å². The number of para-hydroxylation sites is 2. The third-order valence-electron chi connectivity index (χ3n) is 3.45. The Morgan fingerprint density at radius 2 is 1.90 bits per heavy atom. The van der Waals surface area contributed by atoms with Crippen molar-refractivity contribution >= 4 is 17.3 Å².